The molecule has 2 fully saturated rings. The summed E-state index contributed by atoms with van der Waals surface area (Å²) >= 11 is 0. The number of carbonyl (C=O) groups is 2. The number of nitrogens with one attached hydrogen (secondary N) is 2. The summed E-state index contributed by atoms with van der Waals surface area (Å²) in [7, 11) is -1.70. The molecule has 2 heterocycles. The number of aromatic nitrogens is 1. The van der Waals surface area contributed by atoms with Gasteiger partial charge in [-0.05, 0) is 50.2 Å². The maximum atomic E-state index is 12.6. The highest BCUT2D eigenvalue weighted by atomic mass is 32.2. The van der Waals surface area contributed by atoms with Crippen LogP contribution < -0.4 is 10.0 Å². The van der Waals surface area contributed by atoms with Crippen LogP contribution in [0.25, 0.3) is 0 Å². The van der Waals surface area contributed by atoms with Gasteiger partial charge in [0.1, 0.15) is 11.9 Å². The molecule has 29 heavy (non-hydrogen) atoms. The van der Waals surface area contributed by atoms with E-state index in [-0.39, 0.29) is 24.1 Å². The van der Waals surface area contributed by atoms with E-state index < -0.39 is 22.0 Å². The number of unbranched alkanes of at least 4 members (excludes halogenated alkanes) is 1. The molecule has 0 radical (unpaired) electrons. The molecule has 1 aliphatic carbocycles. The van der Waals surface area contributed by atoms with Crippen molar-refractivity contribution in [2.75, 3.05) is 18.1 Å². The molecule has 0 aromatic carbocycles. The lowest BCUT2D eigenvalue weighted by atomic mass is 9.76. The lowest BCUT2D eigenvalue weighted by molar-refractivity contribution is -0.144. The van der Waals surface area contributed by atoms with Gasteiger partial charge >= 0.3 is 0 Å². The molecule has 160 valence electrons. The van der Waals surface area contributed by atoms with E-state index in [0.717, 1.165) is 43.6 Å². The highest BCUT2D eigenvalue weighted by molar-refractivity contribution is 7.89. The molecule has 1 saturated carbocycles. The molecular formula is C20H30N4O4S. The lowest BCUT2D eigenvalue weighted by Crippen LogP contribution is -2.50. The number of rotatable bonds is 10. The fraction of sp³-hybridized carbons (Fsp3) is 0.650. The summed E-state index contributed by atoms with van der Waals surface area (Å²) in [5.41, 5.74) is 1.02. The third kappa shape index (κ3) is 5.33. The first-order valence-corrected chi connectivity index (χ1v) is 12.0. The maximum absolute atomic E-state index is 12.6. The monoisotopic (exact) mass is 422 g/mol. The molecule has 1 saturated heterocycles. The highest BCUT2D eigenvalue weighted by Crippen LogP contribution is 2.37. The Morgan fingerprint density at radius 1 is 1.24 bits per heavy atom. The molecule has 1 aromatic heterocycles. The normalized spacial score (nSPS) is 24.6. The molecule has 0 bridgehead atoms. The van der Waals surface area contributed by atoms with Gasteiger partial charge in [-0.1, -0.05) is 19.4 Å². The van der Waals surface area contributed by atoms with Gasteiger partial charge < -0.3 is 5.32 Å². The second kappa shape index (κ2) is 9.21. The smallest absolute Gasteiger partial charge is 0.248 e. The molecular weight excluding hydrogens is 392 g/mol. The first kappa shape index (κ1) is 21.7. The number of amides is 2. The van der Waals surface area contributed by atoms with E-state index in [4.69, 9.17) is 0 Å². The SMILES string of the molecule is CCCCS(=O)(=O)NC1CC(=O)N(C2CC(CCc3cccc(NC)n3)C2)C1=O. The van der Waals surface area contributed by atoms with Crippen molar-refractivity contribution < 1.29 is 18.0 Å². The summed E-state index contributed by atoms with van der Waals surface area (Å²) in [4.78, 5) is 30.8. The van der Waals surface area contributed by atoms with Crippen molar-refractivity contribution in [2.45, 2.75) is 64.0 Å². The number of pyridine rings is 1. The summed E-state index contributed by atoms with van der Waals surface area (Å²) in [6, 6.07) is 4.83. The Hall–Kier alpha value is -2.00. The van der Waals surface area contributed by atoms with Crippen LogP contribution in [-0.4, -0.2) is 55.0 Å². The number of hydrogen-bond donors (Lipinski definition) is 2. The number of hydrogen-bond acceptors (Lipinski definition) is 6. The molecule has 8 nitrogen and oxygen atoms in total. The van der Waals surface area contributed by atoms with E-state index in [1.54, 1.807) is 0 Å². The van der Waals surface area contributed by atoms with Crippen LogP contribution in [0.4, 0.5) is 5.82 Å². The summed E-state index contributed by atoms with van der Waals surface area (Å²) in [6.07, 6.45) is 4.57. The summed E-state index contributed by atoms with van der Waals surface area (Å²) in [5.74, 6) is 0.595. The minimum Gasteiger partial charge on any atom is -0.373 e. The standard InChI is InChI=1S/C20H30N4O4S/c1-3-4-10-29(27,28)23-17-13-19(25)24(20(17)26)16-11-14(12-16)8-9-15-6-5-7-18(21-2)22-15/h5-7,14,16-17,23H,3-4,8-13H2,1-2H3,(H,21,22). The molecule has 3 rings (SSSR count). The zero-order chi connectivity index (χ0) is 21.0. The van der Waals surface area contributed by atoms with E-state index in [2.05, 4.69) is 15.0 Å². The number of anilines is 1. The van der Waals surface area contributed by atoms with Gasteiger partial charge in [0.2, 0.25) is 21.8 Å². The fourth-order valence-electron chi connectivity index (χ4n) is 3.99. The van der Waals surface area contributed by atoms with Crippen molar-refractivity contribution >= 4 is 27.7 Å². The van der Waals surface area contributed by atoms with Crippen molar-refractivity contribution in [3.05, 3.63) is 23.9 Å². The Bertz CT molecular complexity index is 852. The van der Waals surface area contributed by atoms with Crippen LogP contribution in [0.5, 0.6) is 0 Å². The molecule has 1 aromatic rings. The van der Waals surface area contributed by atoms with E-state index in [1.807, 2.05) is 32.2 Å². The third-order valence-electron chi connectivity index (χ3n) is 5.72. The van der Waals surface area contributed by atoms with Crippen LogP contribution in [0.3, 0.4) is 0 Å². The molecule has 2 aliphatic rings. The molecule has 1 atom stereocenters. The Kier molecular flexibility index (Phi) is 6.89. The van der Waals surface area contributed by atoms with Gasteiger partial charge in [-0.25, -0.2) is 18.1 Å². The predicted molar refractivity (Wildman–Crippen MR) is 111 cm³/mol. The molecule has 9 heteroatoms. The van der Waals surface area contributed by atoms with Gasteiger partial charge in [-0.3, -0.25) is 14.5 Å². The van der Waals surface area contributed by atoms with Gasteiger partial charge in [0.15, 0.2) is 0 Å². The van der Waals surface area contributed by atoms with Gasteiger partial charge in [0, 0.05) is 18.8 Å². The number of carbonyl (C=O) groups excluding carboxylic acids is 2. The highest BCUT2D eigenvalue weighted by Gasteiger charge is 2.47. The Balaban J connectivity index is 1.48. The third-order valence-corrected chi connectivity index (χ3v) is 7.19. The zero-order valence-corrected chi connectivity index (χ0v) is 17.9. The van der Waals surface area contributed by atoms with Crippen molar-refractivity contribution in [1.82, 2.24) is 14.6 Å². The van der Waals surface area contributed by atoms with Crippen molar-refractivity contribution in [2.24, 2.45) is 5.92 Å². The van der Waals surface area contributed by atoms with Gasteiger partial charge in [0.25, 0.3) is 0 Å². The summed E-state index contributed by atoms with van der Waals surface area (Å²) in [5, 5.41) is 3.03. The second-order valence-electron chi connectivity index (χ2n) is 7.94. The Morgan fingerprint density at radius 3 is 2.69 bits per heavy atom. The molecule has 2 amide bonds. The maximum Gasteiger partial charge on any atom is 0.248 e. The number of likely N-dealkylation sites (tertiary alicyclic amines) is 1. The molecule has 2 N–H and O–H groups in total. The molecule has 0 spiro atoms. The zero-order valence-electron chi connectivity index (χ0n) is 17.1. The fourth-order valence-corrected chi connectivity index (χ4v) is 5.40. The Morgan fingerprint density at radius 2 is 2.00 bits per heavy atom. The van der Waals surface area contributed by atoms with Crippen molar-refractivity contribution in [3.8, 4) is 0 Å². The Labute approximate surface area is 172 Å². The van der Waals surface area contributed by atoms with Crippen LogP contribution in [0.1, 0.15) is 51.1 Å². The minimum absolute atomic E-state index is 0.0181. The predicted octanol–water partition coefficient (Wildman–Crippen LogP) is 1.68. The summed E-state index contributed by atoms with van der Waals surface area (Å²) in [6.45, 7) is 1.90. The topological polar surface area (TPSA) is 108 Å². The van der Waals surface area contributed by atoms with E-state index >= 15 is 0 Å². The number of imide groups is 1. The van der Waals surface area contributed by atoms with E-state index in [1.165, 1.54) is 4.90 Å². The van der Waals surface area contributed by atoms with Crippen LogP contribution in [-0.2, 0) is 26.0 Å². The van der Waals surface area contributed by atoms with Gasteiger partial charge in [-0.2, -0.15) is 0 Å². The van der Waals surface area contributed by atoms with Gasteiger partial charge in [0.05, 0.1) is 12.2 Å². The average molecular weight is 423 g/mol. The average Bonchev–Trinajstić information content (AvgIpc) is 2.92. The van der Waals surface area contributed by atoms with Crippen LogP contribution in [0.2, 0.25) is 0 Å². The van der Waals surface area contributed by atoms with Gasteiger partial charge in [-0.15, -0.1) is 0 Å². The van der Waals surface area contributed by atoms with Crippen molar-refractivity contribution in [1.29, 1.82) is 0 Å². The number of aryl methyl sites for hydroxylation is 1. The quantitative estimate of drug-likeness (QED) is 0.556. The second-order valence-corrected chi connectivity index (χ2v) is 9.82. The number of sulfonamides is 1. The minimum atomic E-state index is -3.54. The lowest BCUT2D eigenvalue weighted by Gasteiger charge is -2.40. The first-order chi connectivity index (χ1) is 13.8. The largest absolute Gasteiger partial charge is 0.373 e. The van der Waals surface area contributed by atoms with Crippen LogP contribution in [0, 0.1) is 5.92 Å². The number of nitrogens with zero attached hydrogens (tertiary/aromatic N) is 2. The molecule has 1 aliphatic heterocycles. The van der Waals surface area contributed by atoms with Crippen molar-refractivity contribution in [3.63, 3.8) is 0 Å². The summed E-state index contributed by atoms with van der Waals surface area (Å²) < 4.78 is 26.6. The van der Waals surface area contributed by atoms with Crippen LogP contribution in [0.15, 0.2) is 18.2 Å². The van der Waals surface area contributed by atoms with E-state index in [9.17, 15) is 18.0 Å². The first-order valence-electron chi connectivity index (χ1n) is 10.3. The molecule has 1 unspecified atom stereocenters. The van der Waals surface area contributed by atoms with E-state index in [0.29, 0.717) is 12.3 Å². The van der Waals surface area contributed by atoms with Crippen LogP contribution >= 0.6 is 0 Å².